The van der Waals surface area contributed by atoms with Crippen LogP contribution in [0.3, 0.4) is 0 Å². The minimum Gasteiger partial charge on any atom is -0.300 e. The van der Waals surface area contributed by atoms with Crippen molar-refractivity contribution >= 4 is 0 Å². The molecule has 1 aliphatic carbocycles. The molecule has 2 aliphatic rings. The normalized spacial score (nSPS) is 46.2. The monoisotopic (exact) mass is 139 g/mol. The molecule has 0 spiro atoms. The molecule has 0 aromatic carbocycles. The van der Waals surface area contributed by atoms with Gasteiger partial charge in [0, 0.05) is 19.1 Å². The van der Waals surface area contributed by atoms with Crippen molar-refractivity contribution in [3.63, 3.8) is 0 Å². The van der Waals surface area contributed by atoms with Crippen LogP contribution in [0.4, 0.5) is 0 Å². The maximum atomic E-state index is 2.61. The third kappa shape index (κ3) is 0.800. The highest BCUT2D eigenvalue weighted by Gasteiger charge is 2.56. The first-order valence-corrected chi connectivity index (χ1v) is 4.36. The Kier molecular flexibility index (Phi) is 1.17. The van der Waals surface area contributed by atoms with Gasteiger partial charge >= 0.3 is 0 Å². The average Bonchev–Trinajstić information content (AvgIpc) is 2.32. The van der Waals surface area contributed by atoms with Gasteiger partial charge in [-0.25, -0.2) is 0 Å². The zero-order chi connectivity index (χ0) is 7.35. The minimum absolute atomic E-state index is 0.740. The van der Waals surface area contributed by atoms with Crippen LogP contribution in [-0.2, 0) is 0 Å². The smallest absolute Gasteiger partial charge is 0.00414 e. The molecule has 0 aromatic heterocycles. The number of piperidine rings is 1. The molecule has 1 nitrogen and oxygen atoms in total. The molecular weight excluding hydrogens is 122 g/mol. The van der Waals surface area contributed by atoms with Gasteiger partial charge in [-0.05, 0) is 31.6 Å². The van der Waals surface area contributed by atoms with Gasteiger partial charge in [-0.1, -0.05) is 6.92 Å². The van der Waals surface area contributed by atoms with Crippen LogP contribution in [0, 0.1) is 11.3 Å². The number of fused-ring (bicyclic) bond motifs is 1. The van der Waals surface area contributed by atoms with Crippen LogP contribution in [0.5, 0.6) is 0 Å². The van der Waals surface area contributed by atoms with Crippen LogP contribution < -0.4 is 0 Å². The van der Waals surface area contributed by atoms with Gasteiger partial charge in [0.05, 0.1) is 0 Å². The Hall–Kier alpha value is -0.0400. The van der Waals surface area contributed by atoms with Crippen molar-refractivity contribution in [1.82, 2.24) is 4.90 Å². The summed E-state index contributed by atoms with van der Waals surface area (Å²) >= 11 is 0. The van der Waals surface area contributed by atoms with Crippen LogP contribution >= 0.6 is 0 Å². The number of nitrogens with zero attached hydrogens (tertiary/aromatic N) is 1. The highest BCUT2D eigenvalue weighted by molar-refractivity contribution is 5.07. The third-order valence-electron chi connectivity index (χ3n) is 3.29. The zero-order valence-corrected chi connectivity index (χ0v) is 7.22. The van der Waals surface area contributed by atoms with Crippen LogP contribution in [0.1, 0.15) is 27.2 Å². The van der Waals surface area contributed by atoms with E-state index >= 15 is 0 Å². The SMILES string of the molecule is CC(C)N1C[C@@H]2C[C@]2(C)C1. The molecule has 2 fully saturated rings. The van der Waals surface area contributed by atoms with E-state index in [9.17, 15) is 0 Å². The molecule has 2 rings (SSSR count). The maximum Gasteiger partial charge on any atom is 0.00414 e. The summed E-state index contributed by atoms with van der Waals surface area (Å²) in [5, 5.41) is 0. The van der Waals surface area contributed by atoms with Gasteiger partial charge < -0.3 is 4.90 Å². The van der Waals surface area contributed by atoms with Gasteiger partial charge in [-0.3, -0.25) is 0 Å². The van der Waals surface area contributed by atoms with E-state index in [0.717, 1.165) is 17.4 Å². The van der Waals surface area contributed by atoms with Crippen molar-refractivity contribution in [2.45, 2.75) is 33.2 Å². The summed E-state index contributed by atoms with van der Waals surface area (Å²) in [4.78, 5) is 2.61. The molecule has 1 heteroatoms. The molecule has 1 saturated heterocycles. The molecule has 0 radical (unpaired) electrons. The molecular formula is C9H17N. The standard InChI is InChI=1S/C9H17N/c1-7(2)10-5-8-4-9(8,3)6-10/h7-8H,4-6H2,1-3H3/t8-,9+/m0/s1. The van der Waals surface area contributed by atoms with Crippen LogP contribution in [0.15, 0.2) is 0 Å². The Morgan fingerprint density at radius 2 is 2.20 bits per heavy atom. The van der Waals surface area contributed by atoms with Crippen molar-refractivity contribution in [1.29, 1.82) is 0 Å². The largest absolute Gasteiger partial charge is 0.300 e. The second-order valence-corrected chi connectivity index (χ2v) is 4.58. The summed E-state index contributed by atoms with van der Waals surface area (Å²) in [5.74, 6) is 1.05. The van der Waals surface area contributed by atoms with Crippen LogP contribution in [-0.4, -0.2) is 24.0 Å². The molecule has 58 valence electrons. The van der Waals surface area contributed by atoms with E-state index in [2.05, 4.69) is 25.7 Å². The maximum absolute atomic E-state index is 2.61. The Balaban J connectivity index is 1.97. The lowest BCUT2D eigenvalue weighted by Gasteiger charge is -2.22. The highest BCUT2D eigenvalue weighted by Crippen LogP contribution is 2.57. The second-order valence-electron chi connectivity index (χ2n) is 4.58. The molecule has 0 N–H and O–H groups in total. The van der Waals surface area contributed by atoms with Gasteiger partial charge in [0.25, 0.3) is 0 Å². The fourth-order valence-corrected chi connectivity index (χ4v) is 2.19. The summed E-state index contributed by atoms with van der Waals surface area (Å²) in [6.45, 7) is 9.76. The Morgan fingerprint density at radius 3 is 2.50 bits per heavy atom. The summed E-state index contributed by atoms with van der Waals surface area (Å²) in [7, 11) is 0. The Morgan fingerprint density at radius 1 is 1.50 bits per heavy atom. The van der Waals surface area contributed by atoms with E-state index in [1.165, 1.54) is 19.5 Å². The van der Waals surface area contributed by atoms with Crippen molar-refractivity contribution in [3.05, 3.63) is 0 Å². The molecule has 0 unspecified atom stereocenters. The predicted octanol–water partition coefficient (Wildman–Crippen LogP) is 1.74. The van der Waals surface area contributed by atoms with Gasteiger partial charge in [0.2, 0.25) is 0 Å². The minimum atomic E-state index is 0.740. The van der Waals surface area contributed by atoms with Crippen LogP contribution in [0.25, 0.3) is 0 Å². The van der Waals surface area contributed by atoms with Gasteiger partial charge in [0.15, 0.2) is 0 Å². The number of rotatable bonds is 1. The first kappa shape index (κ1) is 6.66. The van der Waals surface area contributed by atoms with Crippen molar-refractivity contribution in [3.8, 4) is 0 Å². The molecule has 1 saturated carbocycles. The first-order valence-electron chi connectivity index (χ1n) is 4.36. The van der Waals surface area contributed by atoms with Gasteiger partial charge in [0.1, 0.15) is 0 Å². The van der Waals surface area contributed by atoms with E-state index in [0.29, 0.717) is 0 Å². The topological polar surface area (TPSA) is 3.24 Å². The summed E-state index contributed by atoms with van der Waals surface area (Å²) < 4.78 is 0. The molecule has 10 heavy (non-hydrogen) atoms. The Labute approximate surface area is 63.4 Å². The van der Waals surface area contributed by atoms with E-state index in [1.54, 1.807) is 0 Å². The summed E-state index contributed by atoms with van der Waals surface area (Å²) in [6, 6.07) is 0.768. The molecule has 0 bridgehead atoms. The van der Waals surface area contributed by atoms with E-state index in [4.69, 9.17) is 0 Å². The van der Waals surface area contributed by atoms with Crippen molar-refractivity contribution in [2.24, 2.45) is 11.3 Å². The highest BCUT2D eigenvalue weighted by atomic mass is 15.2. The van der Waals surface area contributed by atoms with E-state index < -0.39 is 0 Å². The summed E-state index contributed by atoms with van der Waals surface area (Å²) in [6.07, 6.45) is 1.50. The molecule has 1 aliphatic heterocycles. The molecule has 0 aromatic rings. The molecule has 2 atom stereocenters. The number of hydrogen-bond donors (Lipinski definition) is 0. The van der Waals surface area contributed by atoms with Gasteiger partial charge in [-0.2, -0.15) is 0 Å². The van der Waals surface area contributed by atoms with E-state index in [-0.39, 0.29) is 0 Å². The fraction of sp³-hybridized carbons (Fsp3) is 1.00. The Bertz CT molecular complexity index is 153. The van der Waals surface area contributed by atoms with Gasteiger partial charge in [-0.15, -0.1) is 0 Å². The average molecular weight is 139 g/mol. The lowest BCUT2D eigenvalue weighted by Crippen LogP contribution is -2.31. The van der Waals surface area contributed by atoms with Crippen molar-refractivity contribution < 1.29 is 0 Å². The number of hydrogen-bond acceptors (Lipinski definition) is 1. The first-order chi connectivity index (χ1) is 4.62. The van der Waals surface area contributed by atoms with E-state index in [1.807, 2.05) is 0 Å². The molecule has 1 heterocycles. The molecule has 0 amide bonds. The lowest BCUT2D eigenvalue weighted by molar-refractivity contribution is 0.234. The lowest BCUT2D eigenvalue weighted by atomic mass is 10.1. The second kappa shape index (κ2) is 1.76. The predicted molar refractivity (Wildman–Crippen MR) is 42.9 cm³/mol. The quantitative estimate of drug-likeness (QED) is 0.535. The van der Waals surface area contributed by atoms with Crippen LogP contribution in [0.2, 0.25) is 0 Å². The zero-order valence-electron chi connectivity index (χ0n) is 7.22. The summed E-state index contributed by atoms with van der Waals surface area (Å²) in [5.41, 5.74) is 0.740. The third-order valence-corrected chi connectivity index (χ3v) is 3.29. The number of likely N-dealkylation sites (tertiary alicyclic amines) is 1. The van der Waals surface area contributed by atoms with Crippen molar-refractivity contribution in [2.75, 3.05) is 13.1 Å². The fourth-order valence-electron chi connectivity index (χ4n) is 2.19.